The monoisotopic (exact) mass is 337 g/mol. The lowest BCUT2D eigenvalue weighted by Crippen LogP contribution is -2.19. The minimum absolute atomic E-state index is 0.251. The average Bonchev–Trinajstić information content (AvgIpc) is 3.27. The van der Waals surface area contributed by atoms with Crippen molar-refractivity contribution < 1.29 is 4.74 Å². The molecular formula is C19H23N5O. The van der Waals surface area contributed by atoms with E-state index >= 15 is 0 Å². The van der Waals surface area contributed by atoms with Crippen molar-refractivity contribution in [2.24, 2.45) is 7.05 Å². The van der Waals surface area contributed by atoms with Gasteiger partial charge in [-0.2, -0.15) is 10.2 Å². The van der Waals surface area contributed by atoms with Gasteiger partial charge in [-0.25, -0.2) is 0 Å². The molecule has 1 aliphatic heterocycles. The van der Waals surface area contributed by atoms with Crippen LogP contribution in [0.3, 0.4) is 0 Å². The Kier molecular flexibility index (Phi) is 4.28. The molecule has 2 N–H and O–H groups in total. The Morgan fingerprint density at radius 2 is 2.28 bits per heavy atom. The van der Waals surface area contributed by atoms with E-state index in [4.69, 9.17) is 4.74 Å². The van der Waals surface area contributed by atoms with Crippen LogP contribution in [0.5, 0.6) is 5.75 Å². The Morgan fingerprint density at radius 1 is 1.36 bits per heavy atom. The van der Waals surface area contributed by atoms with Gasteiger partial charge >= 0.3 is 0 Å². The first-order valence-electron chi connectivity index (χ1n) is 8.72. The summed E-state index contributed by atoms with van der Waals surface area (Å²) in [7, 11) is 1.94. The van der Waals surface area contributed by atoms with E-state index in [-0.39, 0.29) is 6.04 Å². The molecule has 1 unspecified atom stereocenters. The van der Waals surface area contributed by atoms with Crippen LogP contribution in [0.1, 0.15) is 36.1 Å². The van der Waals surface area contributed by atoms with Crippen molar-refractivity contribution in [2.75, 3.05) is 6.61 Å². The molecule has 3 heterocycles. The highest BCUT2D eigenvalue weighted by atomic mass is 16.5. The highest BCUT2D eigenvalue weighted by Crippen LogP contribution is 2.28. The van der Waals surface area contributed by atoms with Gasteiger partial charge in [0.05, 0.1) is 24.2 Å². The summed E-state index contributed by atoms with van der Waals surface area (Å²) in [6, 6.07) is 8.76. The second kappa shape index (κ2) is 6.72. The molecule has 4 rings (SSSR count). The number of nitrogens with zero attached hydrogens (tertiary/aromatic N) is 3. The standard InChI is InChI=1S/C19H23N5O/c1-13(14-5-6-18-15(10-14)4-3-9-25-18)20-11-16-12-21-23-19(16)17-7-8-22-24(17)2/h5-8,10,12-13,20H,3-4,9,11H2,1-2H3,(H,21,23). The molecule has 0 fully saturated rings. The SMILES string of the molecule is CC(NCc1cn[nH]c1-c1ccnn1C)c1ccc2c(c1)CCCO2. The Balaban J connectivity index is 1.47. The minimum Gasteiger partial charge on any atom is -0.493 e. The summed E-state index contributed by atoms with van der Waals surface area (Å²) >= 11 is 0. The van der Waals surface area contributed by atoms with Gasteiger partial charge in [-0.15, -0.1) is 0 Å². The van der Waals surface area contributed by atoms with Crippen molar-refractivity contribution >= 4 is 0 Å². The molecular weight excluding hydrogens is 314 g/mol. The molecule has 0 saturated carbocycles. The number of H-pyrrole nitrogens is 1. The minimum atomic E-state index is 0.251. The molecule has 0 spiro atoms. The van der Waals surface area contributed by atoms with Crippen LogP contribution in [0.15, 0.2) is 36.7 Å². The van der Waals surface area contributed by atoms with Crippen molar-refractivity contribution in [2.45, 2.75) is 32.4 Å². The molecule has 130 valence electrons. The van der Waals surface area contributed by atoms with Crippen LogP contribution in [0.2, 0.25) is 0 Å². The number of hydrogen-bond acceptors (Lipinski definition) is 4. The van der Waals surface area contributed by atoms with E-state index in [0.29, 0.717) is 0 Å². The molecule has 0 saturated heterocycles. The van der Waals surface area contributed by atoms with Crippen LogP contribution in [-0.2, 0) is 20.0 Å². The second-order valence-corrected chi connectivity index (χ2v) is 6.53. The highest BCUT2D eigenvalue weighted by Gasteiger charge is 2.15. The van der Waals surface area contributed by atoms with Crippen LogP contribution >= 0.6 is 0 Å². The third-order valence-corrected chi connectivity index (χ3v) is 4.83. The predicted molar refractivity (Wildman–Crippen MR) is 96.3 cm³/mol. The van der Waals surface area contributed by atoms with Crippen LogP contribution in [0.25, 0.3) is 11.4 Å². The van der Waals surface area contributed by atoms with Gasteiger partial charge in [0.25, 0.3) is 0 Å². The largest absolute Gasteiger partial charge is 0.493 e. The molecule has 1 atom stereocenters. The highest BCUT2D eigenvalue weighted by molar-refractivity contribution is 5.58. The van der Waals surface area contributed by atoms with Crippen molar-refractivity contribution in [3.05, 3.63) is 53.3 Å². The number of benzene rings is 1. The Labute approximate surface area is 147 Å². The summed E-state index contributed by atoms with van der Waals surface area (Å²) in [6.07, 6.45) is 5.87. The van der Waals surface area contributed by atoms with Crippen LogP contribution in [-0.4, -0.2) is 26.6 Å². The first-order chi connectivity index (χ1) is 12.2. The van der Waals surface area contributed by atoms with Crippen LogP contribution in [0.4, 0.5) is 0 Å². The molecule has 6 heteroatoms. The van der Waals surface area contributed by atoms with Crippen molar-refractivity contribution in [1.82, 2.24) is 25.3 Å². The number of ether oxygens (including phenoxy) is 1. The summed E-state index contributed by atoms with van der Waals surface area (Å²) < 4.78 is 7.56. The Bertz CT molecular complexity index is 866. The number of aryl methyl sites for hydroxylation is 2. The topological polar surface area (TPSA) is 67.8 Å². The van der Waals surface area contributed by atoms with Crippen molar-refractivity contribution in [3.8, 4) is 17.1 Å². The first kappa shape index (κ1) is 15.9. The maximum Gasteiger partial charge on any atom is 0.122 e. The van der Waals surface area contributed by atoms with Crippen LogP contribution < -0.4 is 10.1 Å². The van der Waals surface area contributed by atoms with Gasteiger partial charge in [-0.05, 0) is 43.0 Å². The average molecular weight is 337 g/mol. The number of aromatic amines is 1. The molecule has 2 aromatic heterocycles. The predicted octanol–water partition coefficient (Wildman–Crippen LogP) is 2.99. The van der Waals surface area contributed by atoms with E-state index < -0.39 is 0 Å². The molecule has 1 aromatic carbocycles. The molecule has 1 aliphatic rings. The van der Waals surface area contributed by atoms with E-state index in [1.807, 2.05) is 24.0 Å². The van der Waals surface area contributed by atoms with Gasteiger partial charge in [-0.3, -0.25) is 9.78 Å². The summed E-state index contributed by atoms with van der Waals surface area (Å²) in [4.78, 5) is 0. The van der Waals surface area contributed by atoms with Crippen molar-refractivity contribution in [3.63, 3.8) is 0 Å². The van der Waals surface area contributed by atoms with Gasteiger partial charge in [-0.1, -0.05) is 12.1 Å². The van der Waals surface area contributed by atoms with Gasteiger partial charge in [0, 0.05) is 31.4 Å². The summed E-state index contributed by atoms with van der Waals surface area (Å²) in [5.74, 6) is 1.04. The van der Waals surface area contributed by atoms with Gasteiger partial charge < -0.3 is 10.1 Å². The maximum absolute atomic E-state index is 5.70. The van der Waals surface area contributed by atoms with E-state index in [0.717, 1.165) is 48.7 Å². The second-order valence-electron chi connectivity index (χ2n) is 6.53. The maximum atomic E-state index is 5.70. The number of nitrogens with one attached hydrogen (secondary N) is 2. The molecule has 6 nitrogen and oxygen atoms in total. The van der Waals surface area contributed by atoms with E-state index in [9.17, 15) is 0 Å². The summed E-state index contributed by atoms with van der Waals surface area (Å²) in [5.41, 5.74) is 5.79. The molecule has 0 radical (unpaired) electrons. The fraction of sp³-hybridized carbons (Fsp3) is 0.368. The first-order valence-corrected chi connectivity index (χ1v) is 8.72. The number of fused-ring (bicyclic) bond motifs is 1. The molecule has 25 heavy (non-hydrogen) atoms. The summed E-state index contributed by atoms with van der Waals surface area (Å²) in [6.45, 7) is 3.76. The molecule has 0 aliphatic carbocycles. The lowest BCUT2D eigenvalue weighted by molar-refractivity contribution is 0.288. The lowest BCUT2D eigenvalue weighted by atomic mass is 10.00. The van der Waals surface area contributed by atoms with Crippen LogP contribution in [0, 0.1) is 0 Å². The lowest BCUT2D eigenvalue weighted by Gasteiger charge is -2.20. The summed E-state index contributed by atoms with van der Waals surface area (Å²) in [5, 5.41) is 15.1. The number of rotatable bonds is 5. The fourth-order valence-corrected chi connectivity index (χ4v) is 3.32. The molecule has 0 bridgehead atoms. The number of hydrogen-bond donors (Lipinski definition) is 2. The van der Waals surface area contributed by atoms with E-state index in [2.05, 4.69) is 45.7 Å². The van der Waals surface area contributed by atoms with Crippen molar-refractivity contribution in [1.29, 1.82) is 0 Å². The van der Waals surface area contributed by atoms with Gasteiger partial charge in [0.2, 0.25) is 0 Å². The normalized spacial score (nSPS) is 14.8. The fourth-order valence-electron chi connectivity index (χ4n) is 3.32. The van der Waals surface area contributed by atoms with E-state index in [1.54, 1.807) is 6.20 Å². The number of aromatic nitrogens is 4. The molecule has 3 aromatic rings. The van der Waals surface area contributed by atoms with Gasteiger partial charge in [0.1, 0.15) is 5.75 Å². The zero-order chi connectivity index (χ0) is 17.2. The van der Waals surface area contributed by atoms with E-state index in [1.165, 1.54) is 11.1 Å². The Hall–Kier alpha value is -2.60. The van der Waals surface area contributed by atoms with Gasteiger partial charge in [0.15, 0.2) is 0 Å². The zero-order valence-corrected chi connectivity index (χ0v) is 14.6. The smallest absolute Gasteiger partial charge is 0.122 e. The zero-order valence-electron chi connectivity index (χ0n) is 14.6. The third-order valence-electron chi connectivity index (χ3n) is 4.83. The Morgan fingerprint density at radius 3 is 3.12 bits per heavy atom. The quantitative estimate of drug-likeness (QED) is 0.751. The molecule has 0 amide bonds. The third kappa shape index (κ3) is 3.17.